The van der Waals surface area contributed by atoms with Gasteiger partial charge in [-0.15, -0.1) is 0 Å². The van der Waals surface area contributed by atoms with Gasteiger partial charge in [0.25, 0.3) is 5.91 Å². The van der Waals surface area contributed by atoms with Crippen LogP contribution in [0.25, 0.3) is 10.9 Å². The van der Waals surface area contributed by atoms with Gasteiger partial charge in [-0.25, -0.2) is 0 Å². The van der Waals surface area contributed by atoms with Crippen molar-refractivity contribution in [2.24, 2.45) is 5.92 Å². The number of amides is 2. The Balaban J connectivity index is 1.23. The summed E-state index contributed by atoms with van der Waals surface area (Å²) in [6, 6.07) is 9.55. The second kappa shape index (κ2) is 8.42. The first-order valence-corrected chi connectivity index (χ1v) is 11.4. The lowest BCUT2D eigenvalue weighted by Crippen LogP contribution is -2.59. The number of nitrogens with zero attached hydrogens (tertiary/aromatic N) is 3. The fraction of sp³-hybridized carbons (Fsp3) is 0.480. The molecule has 0 radical (unpaired) electrons. The predicted molar refractivity (Wildman–Crippen MR) is 119 cm³/mol. The largest absolute Gasteiger partial charge is 0.371 e. The van der Waals surface area contributed by atoms with Crippen LogP contribution in [0.1, 0.15) is 42.5 Å². The summed E-state index contributed by atoms with van der Waals surface area (Å²) in [5, 5.41) is 0.976. The van der Waals surface area contributed by atoms with E-state index in [4.69, 9.17) is 4.74 Å². The Bertz CT molecular complexity index is 1010. The Morgan fingerprint density at radius 2 is 1.94 bits per heavy atom. The normalized spacial score (nSPS) is 23.3. The summed E-state index contributed by atoms with van der Waals surface area (Å²) in [6.07, 6.45) is 10.4. The van der Waals surface area contributed by atoms with Crippen LogP contribution in [0.15, 0.2) is 48.7 Å². The minimum absolute atomic E-state index is 0.0540. The van der Waals surface area contributed by atoms with Crippen LogP contribution >= 0.6 is 0 Å². The zero-order valence-corrected chi connectivity index (χ0v) is 17.8. The van der Waals surface area contributed by atoms with Gasteiger partial charge in [-0.05, 0) is 56.4 Å². The number of allylic oxidation sites excluding steroid dienone is 2. The number of benzene rings is 1. The third-order valence-corrected chi connectivity index (χ3v) is 6.99. The van der Waals surface area contributed by atoms with Gasteiger partial charge >= 0.3 is 0 Å². The maximum Gasteiger partial charge on any atom is 0.253 e. The minimum atomic E-state index is -0.317. The Kier molecular flexibility index (Phi) is 5.48. The summed E-state index contributed by atoms with van der Waals surface area (Å²) in [5.41, 5.74) is 1.27. The van der Waals surface area contributed by atoms with Gasteiger partial charge < -0.3 is 14.5 Å². The lowest BCUT2D eigenvalue weighted by Gasteiger charge is -2.47. The smallest absolute Gasteiger partial charge is 0.253 e. The van der Waals surface area contributed by atoms with Crippen LogP contribution in [-0.4, -0.2) is 65.0 Å². The van der Waals surface area contributed by atoms with Crippen molar-refractivity contribution < 1.29 is 14.3 Å². The van der Waals surface area contributed by atoms with E-state index in [0.717, 1.165) is 43.0 Å². The van der Waals surface area contributed by atoms with Crippen molar-refractivity contribution in [2.75, 3.05) is 32.8 Å². The lowest BCUT2D eigenvalue weighted by molar-refractivity contribution is -0.161. The first-order valence-electron chi connectivity index (χ1n) is 11.4. The molecule has 2 fully saturated rings. The number of pyridine rings is 1. The van der Waals surface area contributed by atoms with Crippen LogP contribution in [0.3, 0.4) is 0 Å². The molecule has 0 saturated carbocycles. The molecule has 1 spiro atoms. The molecule has 1 unspecified atom stereocenters. The van der Waals surface area contributed by atoms with E-state index in [-0.39, 0.29) is 23.3 Å². The van der Waals surface area contributed by atoms with Crippen LogP contribution in [0, 0.1) is 5.92 Å². The number of hydrogen-bond acceptors (Lipinski definition) is 4. The topological polar surface area (TPSA) is 62.7 Å². The van der Waals surface area contributed by atoms with E-state index in [0.29, 0.717) is 38.3 Å². The van der Waals surface area contributed by atoms with Gasteiger partial charge in [0, 0.05) is 49.2 Å². The van der Waals surface area contributed by atoms with Gasteiger partial charge in [-0.1, -0.05) is 18.2 Å². The van der Waals surface area contributed by atoms with Crippen LogP contribution in [0.5, 0.6) is 0 Å². The summed E-state index contributed by atoms with van der Waals surface area (Å²) in [7, 11) is 0. The molecule has 0 bridgehead atoms. The van der Waals surface area contributed by atoms with E-state index >= 15 is 0 Å². The average molecular weight is 420 g/mol. The summed E-state index contributed by atoms with van der Waals surface area (Å²) in [4.78, 5) is 34.4. The zero-order chi connectivity index (χ0) is 21.3. The Morgan fingerprint density at radius 1 is 1.06 bits per heavy atom. The van der Waals surface area contributed by atoms with Gasteiger partial charge in [0.15, 0.2) is 0 Å². The molecular formula is C25H29N3O3. The van der Waals surface area contributed by atoms with Crippen molar-refractivity contribution in [3.05, 3.63) is 54.2 Å². The number of rotatable bonds is 2. The van der Waals surface area contributed by atoms with Crippen molar-refractivity contribution >= 4 is 22.7 Å². The third-order valence-electron chi connectivity index (χ3n) is 6.99. The monoisotopic (exact) mass is 419 g/mol. The molecule has 2 aromatic rings. The molecule has 2 amide bonds. The van der Waals surface area contributed by atoms with Crippen LogP contribution in [0.4, 0.5) is 0 Å². The lowest BCUT2D eigenvalue weighted by atomic mass is 9.87. The highest BCUT2D eigenvalue weighted by Crippen LogP contribution is 2.32. The van der Waals surface area contributed by atoms with E-state index < -0.39 is 0 Å². The van der Waals surface area contributed by atoms with E-state index in [9.17, 15) is 9.59 Å². The van der Waals surface area contributed by atoms with Crippen LogP contribution in [0.2, 0.25) is 0 Å². The summed E-state index contributed by atoms with van der Waals surface area (Å²) in [6.45, 7) is 3.21. The van der Waals surface area contributed by atoms with Crippen LogP contribution < -0.4 is 0 Å². The highest BCUT2D eigenvalue weighted by atomic mass is 16.5. The maximum absolute atomic E-state index is 13.1. The number of carbonyl (C=O) groups excluding carboxylic acids is 2. The second-order valence-corrected chi connectivity index (χ2v) is 8.98. The Hall–Kier alpha value is -2.73. The molecule has 162 valence electrons. The zero-order valence-electron chi connectivity index (χ0n) is 17.8. The number of morpholine rings is 1. The minimum Gasteiger partial charge on any atom is -0.371 e. The molecule has 0 N–H and O–H groups in total. The van der Waals surface area contributed by atoms with Crippen molar-refractivity contribution in [1.29, 1.82) is 0 Å². The van der Waals surface area contributed by atoms with E-state index in [1.165, 1.54) is 0 Å². The highest BCUT2D eigenvalue weighted by molar-refractivity contribution is 5.98. The van der Waals surface area contributed by atoms with Crippen molar-refractivity contribution in [3.8, 4) is 0 Å². The highest BCUT2D eigenvalue weighted by Gasteiger charge is 2.42. The van der Waals surface area contributed by atoms with E-state index in [1.54, 1.807) is 6.20 Å². The van der Waals surface area contributed by atoms with E-state index in [1.807, 2.05) is 40.1 Å². The maximum atomic E-state index is 13.1. The van der Waals surface area contributed by atoms with E-state index in [2.05, 4.69) is 17.1 Å². The molecule has 1 aliphatic carbocycles. The fourth-order valence-corrected chi connectivity index (χ4v) is 5.12. The van der Waals surface area contributed by atoms with Gasteiger partial charge in [-0.3, -0.25) is 14.6 Å². The summed E-state index contributed by atoms with van der Waals surface area (Å²) < 4.78 is 6.21. The number of fused-ring (bicyclic) bond motifs is 1. The fourth-order valence-electron chi connectivity index (χ4n) is 5.12. The number of likely N-dealkylation sites (tertiary alicyclic amines) is 1. The molecule has 2 aliphatic heterocycles. The Labute approximate surface area is 182 Å². The first-order chi connectivity index (χ1) is 15.1. The number of aromatic nitrogens is 1. The number of hydrogen-bond donors (Lipinski definition) is 0. The molecule has 1 aromatic heterocycles. The summed E-state index contributed by atoms with van der Waals surface area (Å²) in [5.74, 6) is 0.442. The molecule has 3 heterocycles. The Morgan fingerprint density at radius 3 is 2.74 bits per heavy atom. The number of ether oxygens (including phenoxy) is 1. The molecule has 1 atom stereocenters. The molecule has 6 nitrogen and oxygen atoms in total. The third kappa shape index (κ3) is 4.09. The van der Waals surface area contributed by atoms with Gasteiger partial charge in [-0.2, -0.15) is 0 Å². The van der Waals surface area contributed by atoms with Crippen molar-refractivity contribution in [3.63, 3.8) is 0 Å². The molecule has 2 saturated heterocycles. The number of carbonyl (C=O) groups is 2. The molecule has 5 rings (SSSR count). The average Bonchev–Trinajstić information content (AvgIpc) is 2.84. The van der Waals surface area contributed by atoms with Gasteiger partial charge in [0.1, 0.15) is 0 Å². The first kappa shape index (κ1) is 20.2. The van der Waals surface area contributed by atoms with Crippen LogP contribution in [-0.2, 0) is 9.53 Å². The van der Waals surface area contributed by atoms with Gasteiger partial charge in [0.2, 0.25) is 5.91 Å². The van der Waals surface area contributed by atoms with Crippen molar-refractivity contribution in [2.45, 2.75) is 37.7 Å². The number of piperidine rings is 1. The molecule has 31 heavy (non-hydrogen) atoms. The van der Waals surface area contributed by atoms with Crippen molar-refractivity contribution in [1.82, 2.24) is 14.8 Å². The molecule has 6 heteroatoms. The quantitative estimate of drug-likeness (QED) is 0.700. The second-order valence-electron chi connectivity index (χ2n) is 8.98. The summed E-state index contributed by atoms with van der Waals surface area (Å²) >= 11 is 0. The SMILES string of the molecule is O=C(c1ccc2ncccc2c1)N1CCC2(CC1)CN(C(=O)C1CC=CCC1)CCO2. The molecular weight excluding hydrogens is 390 g/mol. The van der Waals surface area contributed by atoms with Gasteiger partial charge in [0.05, 0.1) is 17.7 Å². The molecule has 3 aliphatic rings. The standard InChI is InChI=1S/C25H29N3O3/c29-23(19-5-2-1-3-6-19)28-15-16-31-25(18-28)10-13-27(14-11-25)24(30)21-8-9-22-20(17-21)7-4-12-26-22/h1-2,4,7-9,12,17,19H,3,5-6,10-11,13-16,18H2. The molecule has 1 aromatic carbocycles. The predicted octanol–water partition coefficient (Wildman–Crippen LogP) is 3.42.